The van der Waals surface area contributed by atoms with Crippen LogP contribution in [-0.4, -0.2) is 43.2 Å². The smallest absolute Gasteiger partial charge is 0.421 e. The van der Waals surface area contributed by atoms with Crippen molar-refractivity contribution in [2.45, 2.75) is 39.0 Å². The zero-order chi connectivity index (χ0) is 19.4. The Kier molecular flexibility index (Phi) is 6.65. The van der Waals surface area contributed by atoms with Gasteiger partial charge in [0.05, 0.1) is 19.1 Å². The van der Waals surface area contributed by atoms with Gasteiger partial charge in [-0.1, -0.05) is 5.57 Å². The number of hydrogen-bond donors (Lipinski definition) is 1. The summed E-state index contributed by atoms with van der Waals surface area (Å²) in [4.78, 5) is 6.10. The molecule has 0 bridgehead atoms. The summed E-state index contributed by atoms with van der Waals surface area (Å²) >= 11 is 0. The summed E-state index contributed by atoms with van der Waals surface area (Å²) in [6.07, 6.45) is -3.93. The second kappa shape index (κ2) is 7.91. The van der Waals surface area contributed by atoms with Gasteiger partial charge in [-0.2, -0.15) is 13.2 Å². The highest BCUT2D eigenvalue weighted by atomic mass is 19.4. The Labute approximate surface area is 146 Å². The quantitative estimate of drug-likeness (QED) is 0.448. The van der Waals surface area contributed by atoms with Crippen molar-refractivity contribution in [2.75, 3.05) is 20.7 Å². The fourth-order valence-electron chi connectivity index (χ4n) is 2.34. The Balaban J connectivity index is 3.51. The summed E-state index contributed by atoms with van der Waals surface area (Å²) in [5, 5.41) is 10.5. The molecule has 25 heavy (non-hydrogen) atoms. The lowest BCUT2D eigenvalue weighted by molar-refractivity contribution is -0.266. The molecule has 0 aromatic heterocycles. The minimum absolute atomic E-state index is 0.0713. The standard InChI is InChI=1S/C18H25F3N2O2/c1-7-23(5)11-22-15-9-16(25-6)14(8-13(15)4)17(24,10-12(2)3)18(19,20)21/h8-9,11,24H,2,7,10H2,1,3-6H3. The van der Waals surface area contributed by atoms with Gasteiger partial charge in [0.1, 0.15) is 5.75 Å². The van der Waals surface area contributed by atoms with Crippen LogP contribution in [0.5, 0.6) is 5.75 Å². The molecule has 0 saturated heterocycles. The molecule has 0 saturated carbocycles. The second-order valence-electron chi connectivity index (χ2n) is 6.15. The van der Waals surface area contributed by atoms with E-state index < -0.39 is 18.2 Å². The van der Waals surface area contributed by atoms with Gasteiger partial charge in [-0.15, -0.1) is 6.58 Å². The van der Waals surface area contributed by atoms with Crippen LogP contribution in [0.4, 0.5) is 18.9 Å². The van der Waals surface area contributed by atoms with Gasteiger partial charge in [-0.3, -0.25) is 0 Å². The molecular weight excluding hydrogens is 333 g/mol. The highest BCUT2D eigenvalue weighted by Crippen LogP contribution is 2.47. The number of methoxy groups -OCH3 is 1. The molecule has 0 fully saturated rings. The minimum Gasteiger partial charge on any atom is -0.496 e. The summed E-state index contributed by atoms with van der Waals surface area (Å²) in [5.41, 5.74) is -2.23. The van der Waals surface area contributed by atoms with Crippen molar-refractivity contribution in [3.8, 4) is 5.75 Å². The van der Waals surface area contributed by atoms with Crippen LogP contribution in [0.1, 0.15) is 31.4 Å². The largest absolute Gasteiger partial charge is 0.496 e. The van der Waals surface area contributed by atoms with Crippen molar-refractivity contribution in [3.63, 3.8) is 0 Å². The van der Waals surface area contributed by atoms with Crippen molar-refractivity contribution in [1.82, 2.24) is 4.90 Å². The van der Waals surface area contributed by atoms with E-state index in [4.69, 9.17) is 4.74 Å². The second-order valence-corrected chi connectivity index (χ2v) is 6.15. The number of aryl methyl sites for hydroxylation is 1. The van der Waals surface area contributed by atoms with Crippen LogP contribution in [0.3, 0.4) is 0 Å². The normalized spacial score (nSPS) is 14.4. The molecule has 0 aliphatic heterocycles. The van der Waals surface area contributed by atoms with Gasteiger partial charge >= 0.3 is 6.18 Å². The van der Waals surface area contributed by atoms with Crippen molar-refractivity contribution in [3.05, 3.63) is 35.4 Å². The van der Waals surface area contributed by atoms with E-state index in [0.29, 0.717) is 11.3 Å². The number of aliphatic hydroxyl groups is 1. The third kappa shape index (κ3) is 4.75. The Bertz CT molecular complexity index is 656. The maximum Gasteiger partial charge on any atom is 0.421 e. The van der Waals surface area contributed by atoms with Gasteiger partial charge in [0.15, 0.2) is 5.60 Å². The number of benzene rings is 1. The summed E-state index contributed by atoms with van der Waals surface area (Å²) < 4.78 is 46.0. The first kappa shape index (κ1) is 21.0. The van der Waals surface area contributed by atoms with E-state index in [-0.39, 0.29) is 16.9 Å². The third-order valence-electron chi connectivity index (χ3n) is 3.88. The lowest BCUT2D eigenvalue weighted by atomic mass is 9.85. The molecule has 1 N–H and O–H groups in total. The molecule has 1 aromatic rings. The van der Waals surface area contributed by atoms with Crippen LogP contribution in [0, 0.1) is 6.92 Å². The van der Waals surface area contributed by atoms with Crippen molar-refractivity contribution < 1.29 is 23.0 Å². The fourth-order valence-corrected chi connectivity index (χ4v) is 2.34. The van der Waals surface area contributed by atoms with Gasteiger partial charge in [0.25, 0.3) is 0 Å². The molecule has 0 heterocycles. The molecule has 7 heteroatoms. The number of nitrogens with zero attached hydrogens (tertiary/aromatic N) is 2. The van der Waals surface area contributed by atoms with Crippen LogP contribution >= 0.6 is 0 Å². The first-order chi connectivity index (χ1) is 11.5. The number of rotatable bonds is 7. The molecule has 0 amide bonds. The maximum atomic E-state index is 13.6. The minimum atomic E-state index is -4.88. The Hall–Kier alpha value is -2.02. The fraction of sp³-hybridized carbons (Fsp3) is 0.500. The Morgan fingerprint density at radius 3 is 2.44 bits per heavy atom. The van der Waals surface area contributed by atoms with Gasteiger partial charge in [0, 0.05) is 31.6 Å². The van der Waals surface area contributed by atoms with E-state index in [0.717, 1.165) is 6.54 Å². The van der Waals surface area contributed by atoms with Crippen molar-refractivity contribution >= 4 is 12.0 Å². The molecule has 0 radical (unpaired) electrons. The molecule has 1 rings (SSSR count). The summed E-state index contributed by atoms with van der Waals surface area (Å²) in [5.74, 6) is -0.0713. The number of ether oxygens (including phenoxy) is 1. The molecule has 0 aliphatic carbocycles. The van der Waals surface area contributed by atoms with E-state index in [9.17, 15) is 18.3 Å². The van der Waals surface area contributed by atoms with Crippen LogP contribution in [0.25, 0.3) is 0 Å². The molecular formula is C18H25F3N2O2. The third-order valence-corrected chi connectivity index (χ3v) is 3.88. The number of alkyl halides is 3. The molecule has 1 unspecified atom stereocenters. The first-order valence-electron chi connectivity index (χ1n) is 7.83. The molecule has 140 valence electrons. The summed E-state index contributed by atoms with van der Waals surface area (Å²) in [6, 6.07) is 2.67. The number of hydrogen-bond acceptors (Lipinski definition) is 3. The van der Waals surface area contributed by atoms with Crippen molar-refractivity contribution in [1.29, 1.82) is 0 Å². The first-order valence-corrected chi connectivity index (χ1v) is 7.83. The SMILES string of the molecule is C=C(C)CC(O)(c1cc(C)c(N=CN(C)CC)cc1OC)C(F)(F)F. The van der Waals surface area contributed by atoms with Crippen LogP contribution < -0.4 is 4.74 Å². The zero-order valence-electron chi connectivity index (χ0n) is 15.2. The van der Waals surface area contributed by atoms with Gasteiger partial charge in [0.2, 0.25) is 0 Å². The monoisotopic (exact) mass is 358 g/mol. The van der Waals surface area contributed by atoms with E-state index in [1.165, 1.54) is 26.2 Å². The predicted octanol–water partition coefficient (Wildman–Crippen LogP) is 4.33. The Morgan fingerprint density at radius 2 is 2.00 bits per heavy atom. The highest BCUT2D eigenvalue weighted by Gasteiger charge is 2.56. The number of halogens is 3. The van der Waals surface area contributed by atoms with Gasteiger partial charge in [-0.05, 0) is 32.4 Å². The van der Waals surface area contributed by atoms with Gasteiger partial charge < -0.3 is 14.7 Å². The lowest BCUT2D eigenvalue weighted by Crippen LogP contribution is -2.42. The average molecular weight is 358 g/mol. The van der Waals surface area contributed by atoms with E-state index in [2.05, 4.69) is 11.6 Å². The molecule has 0 spiro atoms. The maximum absolute atomic E-state index is 13.6. The molecule has 0 aliphatic rings. The molecule has 4 nitrogen and oxygen atoms in total. The van der Waals surface area contributed by atoms with Crippen LogP contribution in [-0.2, 0) is 5.60 Å². The molecule has 1 atom stereocenters. The van der Waals surface area contributed by atoms with Crippen molar-refractivity contribution in [2.24, 2.45) is 4.99 Å². The lowest BCUT2D eigenvalue weighted by Gasteiger charge is -2.32. The van der Waals surface area contributed by atoms with Gasteiger partial charge in [-0.25, -0.2) is 4.99 Å². The topological polar surface area (TPSA) is 45.1 Å². The zero-order valence-corrected chi connectivity index (χ0v) is 15.2. The predicted molar refractivity (Wildman–Crippen MR) is 93.6 cm³/mol. The van der Waals surface area contributed by atoms with E-state index >= 15 is 0 Å². The van der Waals surface area contributed by atoms with E-state index in [1.54, 1.807) is 13.3 Å². The van der Waals surface area contributed by atoms with Crippen LogP contribution in [0.2, 0.25) is 0 Å². The Morgan fingerprint density at radius 1 is 1.40 bits per heavy atom. The average Bonchev–Trinajstić information content (AvgIpc) is 2.51. The molecule has 1 aromatic carbocycles. The van der Waals surface area contributed by atoms with Crippen LogP contribution in [0.15, 0.2) is 29.3 Å². The summed E-state index contributed by atoms with van der Waals surface area (Å²) in [7, 11) is 3.09. The number of aliphatic imine (C=N–C) groups is 1. The summed E-state index contributed by atoms with van der Waals surface area (Å²) in [6.45, 7) is 9.27. The highest BCUT2D eigenvalue weighted by molar-refractivity contribution is 5.65. The van der Waals surface area contributed by atoms with E-state index in [1.807, 2.05) is 18.9 Å².